The molecular formula is C22H33O6P-2. The number of Topliss-reactive ketones (excluding diaryl/α,β-unsaturated/α-hetero) is 1. The van der Waals surface area contributed by atoms with Gasteiger partial charge in [0, 0.05) is 5.41 Å². The van der Waals surface area contributed by atoms with E-state index >= 15 is 0 Å². The van der Waals surface area contributed by atoms with Gasteiger partial charge in [-0.2, -0.15) is 0 Å². The lowest BCUT2D eigenvalue weighted by Gasteiger charge is -2.59. The number of carbonyl (C=O) groups excluding carboxylic acids is 1. The Balaban J connectivity index is 1.62. The molecule has 6 nitrogen and oxygen atoms in total. The van der Waals surface area contributed by atoms with Crippen LogP contribution in [0.5, 0.6) is 0 Å². The molecule has 0 aromatic heterocycles. The third kappa shape index (κ3) is 3.05. The first kappa shape index (κ1) is 21.7. The summed E-state index contributed by atoms with van der Waals surface area (Å²) < 4.78 is 15.8. The number of ketones is 1. The molecule has 3 fully saturated rings. The summed E-state index contributed by atoms with van der Waals surface area (Å²) in [6, 6.07) is 0. The van der Waals surface area contributed by atoms with Gasteiger partial charge in [-0.15, -0.1) is 0 Å². The van der Waals surface area contributed by atoms with Crippen molar-refractivity contribution in [3.05, 3.63) is 11.6 Å². The van der Waals surface area contributed by atoms with E-state index in [2.05, 4.69) is 19.9 Å². The predicted molar refractivity (Wildman–Crippen MR) is 104 cm³/mol. The van der Waals surface area contributed by atoms with Gasteiger partial charge in [0.05, 0.1) is 13.9 Å². The minimum absolute atomic E-state index is 0.0277. The molecule has 0 amide bonds. The van der Waals surface area contributed by atoms with Gasteiger partial charge in [0.2, 0.25) is 0 Å². The fourth-order valence-corrected chi connectivity index (χ4v) is 8.54. The van der Waals surface area contributed by atoms with Crippen molar-refractivity contribution in [2.45, 2.75) is 84.3 Å². The zero-order chi connectivity index (χ0) is 21.4. The highest BCUT2D eigenvalue weighted by molar-refractivity contribution is 7.43. The summed E-state index contributed by atoms with van der Waals surface area (Å²) in [5.41, 5.74) is -0.443. The average Bonchev–Trinajstić information content (AvgIpc) is 2.82. The van der Waals surface area contributed by atoms with E-state index in [9.17, 15) is 24.3 Å². The van der Waals surface area contributed by atoms with E-state index < -0.39 is 19.5 Å². The molecule has 0 aliphatic heterocycles. The predicted octanol–water partition coefficient (Wildman–Crippen LogP) is 2.73. The Morgan fingerprint density at radius 3 is 2.55 bits per heavy atom. The molecule has 0 bridgehead atoms. The van der Waals surface area contributed by atoms with Crippen molar-refractivity contribution < 1.29 is 28.8 Å². The van der Waals surface area contributed by atoms with Crippen LogP contribution in [0, 0.1) is 34.5 Å². The number of hydrogen-bond acceptors (Lipinski definition) is 6. The highest BCUT2D eigenvalue weighted by Crippen LogP contribution is 2.68. The Morgan fingerprint density at radius 1 is 1.24 bits per heavy atom. The first-order chi connectivity index (χ1) is 13.3. The fraction of sp³-hybridized carbons (Fsp3) is 0.864. The van der Waals surface area contributed by atoms with Crippen LogP contribution in [0.15, 0.2) is 11.6 Å². The molecule has 4 aliphatic carbocycles. The number of phosphoric acid groups is 1. The van der Waals surface area contributed by atoms with E-state index in [1.807, 2.05) is 6.92 Å². The van der Waals surface area contributed by atoms with Crippen molar-refractivity contribution in [2.24, 2.45) is 34.5 Å². The molecule has 8 atom stereocenters. The normalized spacial score (nSPS) is 49.6. The lowest BCUT2D eigenvalue weighted by Crippen LogP contribution is -2.58. The fourth-order valence-electron chi connectivity index (χ4n) is 7.99. The molecule has 0 aromatic carbocycles. The third-order valence-electron chi connectivity index (χ3n) is 9.45. The van der Waals surface area contributed by atoms with Crippen molar-refractivity contribution in [3.63, 3.8) is 0 Å². The van der Waals surface area contributed by atoms with Gasteiger partial charge in [-0.3, -0.25) is 4.79 Å². The van der Waals surface area contributed by atoms with E-state index in [4.69, 9.17) is 4.52 Å². The second-order valence-electron chi connectivity index (χ2n) is 10.6. The molecule has 164 valence electrons. The summed E-state index contributed by atoms with van der Waals surface area (Å²) in [6.45, 7) is 7.93. The number of allylic oxidation sites excluding steroid dienone is 1. The zero-order valence-corrected chi connectivity index (χ0v) is 18.7. The first-order valence-corrected chi connectivity index (χ1v) is 12.4. The van der Waals surface area contributed by atoms with Crippen LogP contribution >= 0.6 is 7.82 Å². The van der Waals surface area contributed by atoms with E-state index in [0.717, 1.165) is 32.1 Å². The van der Waals surface area contributed by atoms with Gasteiger partial charge in [-0.1, -0.05) is 32.4 Å². The number of carbonyl (C=O) groups is 1. The summed E-state index contributed by atoms with van der Waals surface area (Å²) in [6.07, 6.45) is 7.11. The van der Waals surface area contributed by atoms with Crippen LogP contribution < -0.4 is 9.79 Å². The Morgan fingerprint density at radius 2 is 1.93 bits per heavy atom. The molecule has 0 heterocycles. The second kappa shape index (κ2) is 6.74. The van der Waals surface area contributed by atoms with Crippen LogP contribution in [0.1, 0.15) is 72.6 Å². The molecule has 29 heavy (non-hydrogen) atoms. The maximum atomic E-state index is 12.5. The second-order valence-corrected chi connectivity index (χ2v) is 11.7. The van der Waals surface area contributed by atoms with Crippen LogP contribution in [-0.4, -0.2) is 22.6 Å². The summed E-state index contributed by atoms with van der Waals surface area (Å²) in [7, 11) is -4.97. The number of rotatable bonds is 3. The smallest absolute Gasteiger partial charge is 0.162 e. The molecule has 0 radical (unpaired) electrons. The van der Waals surface area contributed by atoms with Gasteiger partial charge in [0.25, 0.3) is 0 Å². The van der Waals surface area contributed by atoms with Gasteiger partial charge in [0.15, 0.2) is 5.78 Å². The van der Waals surface area contributed by atoms with Crippen LogP contribution in [0.2, 0.25) is 0 Å². The lowest BCUT2D eigenvalue weighted by molar-refractivity contribution is -0.345. The zero-order valence-electron chi connectivity index (χ0n) is 17.8. The van der Waals surface area contributed by atoms with Crippen LogP contribution in [0.25, 0.3) is 0 Å². The van der Waals surface area contributed by atoms with E-state index in [1.165, 1.54) is 12.5 Å². The average molecular weight is 424 g/mol. The summed E-state index contributed by atoms with van der Waals surface area (Å²) in [5.74, 6) is 1.02. The van der Waals surface area contributed by atoms with Gasteiger partial charge < -0.3 is 24.0 Å². The molecular weight excluding hydrogens is 391 g/mol. The monoisotopic (exact) mass is 424 g/mol. The quantitative estimate of drug-likeness (QED) is 0.551. The van der Waals surface area contributed by atoms with Gasteiger partial charge in [0.1, 0.15) is 5.60 Å². The Bertz CT molecular complexity index is 788. The molecule has 3 saturated carbocycles. The van der Waals surface area contributed by atoms with Gasteiger partial charge in [-0.05, 0) is 81.0 Å². The maximum absolute atomic E-state index is 12.5. The van der Waals surface area contributed by atoms with Crippen LogP contribution in [-0.2, 0) is 13.9 Å². The minimum atomic E-state index is -4.97. The molecule has 1 N–H and O–H groups in total. The molecule has 7 heteroatoms. The summed E-state index contributed by atoms with van der Waals surface area (Å²) in [5, 5.41) is 11.5. The Hall–Kier alpha value is -0.520. The van der Waals surface area contributed by atoms with Crippen molar-refractivity contribution in [2.75, 3.05) is 0 Å². The van der Waals surface area contributed by atoms with E-state index in [-0.39, 0.29) is 22.5 Å². The van der Waals surface area contributed by atoms with Crippen molar-refractivity contribution in [1.29, 1.82) is 0 Å². The first-order valence-electron chi connectivity index (χ1n) is 11.0. The van der Waals surface area contributed by atoms with Gasteiger partial charge in [-0.25, -0.2) is 0 Å². The molecule has 4 aliphatic rings. The van der Waals surface area contributed by atoms with Crippen molar-refractivity contribution in [1.82, 2.24) is 0 Å². The Labute approximate surface area is 173 Å². The minimum Gasteiger partial charge on any atom is -0.790 e. The number of aliphatic hydroxyl groups is 1. The van der Waals surface area contributed by atoms with Crippen LogP contribution in [0.4, 0.5) is 0 Å². The maximum Gasteiger partial charge on any atom is 0.162 e. The molecule has 4 rings (SSSR count). The topological polar surface area (TPSA) is 110 Å². The standard InChI is InChI=1S/C22H35O6P/c1-13-11-19-17-6-5-15-12-16(28-29(25,26)27)7-9-20(15,3)18(17)8-10-21(19,4)22(13,24)14(2)23/h5,13,16-19,24H,6-12H2,1-4H3,(H2,25,26,27)/p-2/t13-,16-,17+,18-,19+,20+,21+,22+/m1/s1. The highest BCUT2D eigenvalue weighted by Gasteiger charge is 2.67. The van der Waals surface area contributed by atoms with Crippen molar-refractivity contribution in [3.8, 4) is 0 Å². The lowest BCUT2D eigenvalue weighted by atomic mass is 9.46. The number of phosphoric ester groups is 1. The molecule has 0 aromatic rings. The largest absolute Gasteiger partial charge is 0.790 e. The van der Waals surface area contributed by atoms with Gasteiger partial charge >= 0.3 is 0 Å². The third-order valence-corrected chi connectivity index (χ3v) is 10.0. The number of fused-ring (bicyclic) bond motifs is 5. The molecule has 0 saturated heterocycles. The van der Waals surface area contributed by atoms with E-state index in [0.29, 0.717) is 30.6 Å². The number of hydrogen-bond donors (Lipinski definition) is 1. The highest BCUT2D eigenvalue weighted by atomic mass is 31.2. The Kier molecular flexibility index (Phi) is 5.04. The summed E-state index contributed by atoms with van der Waals surface area (Å²) >= 11 is 0. The van der Waals surface area contributed by atoms with Crippen molar-refractivity contribution >= 4 is 13.6 Å². The van der Waals surface area contributed by atoms with E-state index in [1.54, 1.807) is 0 Å². The summed E-state index contributed by atoms with van der Waals surface area (Å²) in [4.78, 5) is 34.6. The molecule has 0 unspecified atom stereocenters. The SMILES string of the molecule is CC(=O)[C@@]1(O)[C@H](C)C[C@H]2[C@H]3CC=C4C[C@H](OP(=O)([O-])[O-])CC[C@]4(C)[C@@H]3CC[C@@]21C. The molecule has 0 spiro atoms. The van der Waals surface area contributed by atoms with Crippen LogP contribution in [0.3, 0.4) is 0 Å².